The number of aromatic nitrogens is 2. The fraction of sp³-hybridized carbons (Fsp3) is 0.500. The summed E-state index contributed by atoms with van der Waals surface area (Å²) in [6.07, 6.45) is 5.53. The highest BCUT2D eigenvalue weighted by molar-refractivity contribution is 7.89. The van der Waals surface area contributed by atoms with Gasteiger partial charge in [0.2, 0.25) is 10.0 Å². The first-order valence-corrected chi connectivity index (χ1v) is 10.1. The summed E-state index contributed by atoms with van der Waals surface area (Å²) in [6.45, 7) is 4.61. The summed E-state index contributed by atoms with van der Waals surface area (Å²) in [5, 5.41) is 4.21. The van der Waals surface area contributed by atoms with Gasteiger partial charge in [0.25, 0.3) is 0 Å². The number of benzene rings is 1. The van der Waals surface area contributed by atoms with E-state index in [1.807, 2.05) is 6.92 Å². The van der Waals surface area contributed by atoms with Crippen molar-refractivity contribution in [3.05, 3.63) is 40.7 Å². The van der Waals surface area contributed by atoms with E-state index in [4.69, 9.17) is 4.74 Å². The van der Waals surface area contributed by atoms with Gasteiger partial charge in [-0.05, 0) is 62.3 Å². The number of nitrogens with one attached hydrogen (secondary N) is 1. The van der Waals surface area contributed by atoms with Gasteiger partial charge in [-0.2, -0.15) is 5.10 Å². The summed E-state index contributed by atoms with van der Waals surface area (Å²) in [5.74, 6) is 0.842. The number of nitrogens with zero attached hydrogens (tertiary/aromatic N) is 2. The molecule has 7 heteroatoms. The first-order chi connectivity index (χ1) is 11.9. The van der Waals surface area contributed by atoms with Gasteiger partial charge in [-0.1, -0.05) is 6.07 Å². The van der Waals surface area contributed by atoms with E-state index in [9.17, 15) is 8.42 Å². The molecule has 0 amide bonds. The molecule has 1 aromatic carbocycles. The Balaban J connectivity index is 1.71. The number of rotatable bonds is 7. The van der Waals surface area contributed by atoms with Crippen LogP contribution in [0, 0.1) is 6.92 Å². The van der Waals surface area contributed by atoms with Crippen molar-refractivity contribution in [2.75, 3.05) is 13.7 Å². The minimum Gasteiger partial charge on any atom is -0.496 e. The Hall–Kier alpha value is -1.86. The molecule has 3 rings (SSSR count). The molecule has 0 atom stereocenters. The molecule has 1 aliphatic rings. The molecule has 0 saturated heterocycles. The minimum atomic E-state index is -3.56. The molecule has 0 fully saturated rings. The monoisotopic (exact) mass is 363 g/mol. The zero-order valence-electron chi connectivity index (χ0n) is 15.0. The van der Waals surface area contributed by atoms with Gasteiger partial charge in [0.15, 0.2) is 0 Å². The zero-order chi connectivity index (χ0) is 18.0. The Morgan fingerprint density at radius 2 is 2.00 bits per heavy atom. The molecule has 0 unspecified atom stereocenters. The van der Waals surface area contributed by atoms with Crippen LogP contribution >= 0.6 is 0 Å². The number of fused-ring (bicyclic) bond motifs is 1. The Kier molecular flexibility index (Phi) is 5.15. The fourth-order valence-corrected chi connectivity index (χ4v) is 4.58. The van der Waals surface area contributed by atoms with Gasteiger partial charge < -0.3 is 4.74 Å². The Labute approximate surface area is 149 Å². The van der Waals surface area contributed by atoms with Crippen molar-refractivity contribution in [1.82, 2.24) is 14.5 Å². The number of sulfonamides is 1. The molecule has 2 aromatic rings. The summed E-state index contributed by atoms with van der Waals surface area (Å²) in [5.41, 5.74) is 4.28. The van der Waals surface area contributed by atoms with Gasteiger partial charge >= 0.3 is 0 Å². The van der Waals surface area contributed by atoms with Crippen LogP contribution in [0.15, 0.2) is 23.2 Å². The van der Waals surface area contributed by atoms with Crippen LogP contribution in [-0.4, -0.2) is 31.9 Å². The molecule has 136 valence electrons. The van der Waals surface area contributed by atoms with Gasteiger partial charge in [-0.3, -0.25) is 4.68 Å². The maximum Gasteiger partial charge on any atom is 0.243 e. The topological polar surface area (TPSA) is 73.2 Å². The van der Waals surface area contributed by atoms with Crippen LogP contribution < -0.4 is 9.46 Å². The second-order valence-corrected chi connectivity index (χ2v) is 8.10. The predicted octanol–water partition coefficient (Wildman–Crippen LogP) is 2.23. The lowest BCUT2D eigenvalue weighted by molar-refractivity contribution is 0.409. The highest BCUT2D eigenvalue weighted by Gasteiger charge is 2.20. The van der Waals surface area contributed by atoms with E-state index in [0.717, 1.165) is 24.2 Å². The molecule has 0 radical (unpaired) electrons. The lowest BCUT2D eigenvalue weighted by Gasteiger charge is -2.12. The summed E-state index contributed by atoms with van der Waals surface area (Å²) in [7, 11) is -1.90. The quantitative estimate of drug-likeness (QED) is 0.819. The molecule has 1 heterocycles. The standard InChI is InChI=1S/C18H25N3O3S/c1-4-21-12-18(13(2)20-21)25(22,23)19-9-8-16-10-14-6-5-7-15(14)11-17(16)24-3/h10-12,19H,4-9H2,1-3H3. The van der Waals surface area contributed by atoms with Crippen molar-refractivity contribution < 1.29 is 13.2 Å². The van der Waals surface area contributed by atoms with E-state index in [2.05, 4.69) is 22.0 Å². The van der Waals surface area contributed by atoms with E-state index in [-0.39, 0.29) is 4.90 Å². The number of hydrogen-bond donors (Lipinski definition) is 1. The van der Waals surface area contributed by atoms with E-state index < -0.39 is 10.0 Å². The van der Waals surface area contributed by atoms with Gasteiger partial charge in [0.1, 0.15) is 10.6 Å². The van der Waals surface area contributed by atoms with Crippen molar-refractivity contribution in [3.8, 4) is 5.75 Å². The molecular formula is C18H25N3O3S. The smallest absolute Gasteiger partial charge is 0.243 e. The summed E-state index contributed by atoms with van der Waals surface area (Å²) < 4.78 is 34.8. The Morgan fingerprint density at radius 1 is 1.28 bits per heavy atom. The van der Waals surface area contributed by atoms with E-state index >= 15 is 0 Å². The fourth-order valence-electron chi connectivity index (χ4n) is 3.36. The van der Waals surface area contributed by atoms with Crippen molar-refractivity contribution in [1.29, 1.82) is 0 Å². The molecule has 1 aliphatic carbocycles. The maximum atomic E-state index is 12.5. The van der Waals surface area contributed by atoms with Gasteiger partial charge in [0, 0.05) is 19.3 Å². The first-order valence-electron chi connectivity index (χ1n) is 8.67. The molecule has 25 heavy (non-hydrogen) atoms. The zero-order valence-corrected chi connectivity index (χ0v) is 15.8. The summed E-state index contributed by atoms with van der Waals surface area (Å²) in [6, 6.07) is 4.26. The number of ether oxygens (including phenoxy) is 1. The van der Waals surface area contributed by atoms with E-state index in [1.165, 1.54) is 17.5 Å². The molecule has 0 bridgehead atoms. The third-order valence-corrected chi connectivity index (χ3v) is 6.26. The largest absolute Gasteiger partial charge is 0.496 e. The molecule has 0 saturated carbocycles. The third-order valence-electron chi connectivity index (χ3n) is 4.70. The van der Waals surface area contributed by atoms with Crippen LogP contribution in [0.25, 0.3) is 0 Å². The van der Waals surface area contributed by atoms with Crippen LogP contribution in [0.4, 0.5) is 0 Å². The maximum absolute atomic E-state index is 12.5. The first kappa shape index (κ1) is 17.9. The lowest BCUT2D eigenvalue weighted by Crippen LogP contribution is -2.26. The van der Waals surface area contributed by atoms with Crippen molar-refractivity contribution in [3.63, 3.8) is 0 Å². The average molecular weight is 363 g/mol. The SMILES string of the molecule is CCn1cc(S(=O)(=O)NCCc2cc3c(cc2OC)CCC3)c(C)n1. The lowest BCUT2D eigenvalue weighted by atomic mass is 10.0. The second-order valence-electron chi connectivity index (χ2n) is 6.37. The normalized spacial score (nSPS) is 13.9. The van der Waals surface area contributed by atoms with Crippen LogP contribution in [0.1, 0.15) is 35.7 Å². The minimum absolute atomic E-state index is 0.246. The van der Waals surface area contributed by atoms with Gasteiger partial charge in [0.05, 0.1) is 12.8 Å². The third kappa shape index (κ3) is 3.72. The molecule has 6 nitrogen and oxygen atoms in total. The van der Waals surface area contributed by atoms with Gasteiger partial charge in [-0.25, -0.2) is 13.1 Å². The molecule has 1 N–H and O–H groups in total. The highest BCUT2D eigenvalue weighted by Crippen LogP contribution is 2.30. The van der Waals surface area contributed by atoms with Crippen molar-refractivity contribution in [2.24, 2.45) is 0 Å². The second kappa shape index (κ2) is 7.17. The number of hydrogen-bond acceptors (Lipinski definition) is 4. The summed E-state index contributed by atoms with van der Waals surface area (Å²) >= 11 is 0. The predicted molar refractivity (Wildman–Crippen MR) is 96.5 cm³/mol. The summed E-state index contributed by atoms with van der Waals surface area (Å²) in [4.78, 5) is 0.246. The molecule has 1 aromatic heterocycles. The molecule has 0 spiro atoms. The highest BCUT2D eigenvalue weighted by atomic mass is 32.2. The number of methoxy groups -OCH3 is 1. The van der Waals surface area contributed by atoms with Crippen molar-refractivity contribution in [2.45, 2.75) is 51.0 Å². The molecular weight excluding hydrogens is 338 g/mol. The van der Waals surface area contributed by atoms with Crippen LogP contribution in [0.2, 0.25) is 0 Å². The van der Waals surface area contributed by atoms with Gasteiger partial charge in [-0.15, -0.1) is 0 Å². The van der Waals surface area contributed by atoms with E-state index in [1.54, 1.807) is 24.9 Å². The van der Waals surface area contributed by atoms with Crippen molar-refractivity contribution >= 4 is 10.0 Å². The van der Waals surface area contributed by atoms with Crippen LogP contribution in [0.3, 0.4) is 0 Å². The van der Waals surface area contributed by atoms with Crippen LogP contribution in [0.5, 0.6) is 5.75 Å². The Morgan fingerprint density at radius 3 is 2.64 bits per heavy atom. The Bertz CT molecular complexity index is 872. The average Bonchev–Trinajstić information content (AvgIpc) is 3.19. The van der Waals surface area contributed by atoms with E-state index in [0.29, 0.717) is 25.2 Å². The molecule has 0 aliphatic heterocycles. The van der Waals surface area contributed by atoms with Crippen LogP contribution in [-0.2, 0) is 35.8 Å². The number of aryl methyl sites for hydroxylation is 4.